The topological polar surface area (TPSA) is 75.3 Å². The highest BCUT2D eigenvalue weighted by molar-refractivity contribution is 6.08. The molecule has 0 spiro atoms. The van der Waals surface area contributed by atoms with Crippen molar-refractivity contribution in [1.29, 1.82) is 0 Å². The van der Waals surface area contributed by atoms with Gasteiger partial charge in [-0.1, -0.05) is 36.4 Å². The molecule has 3 aromatic rings. The summed E-state index contributed by atoms with van der Waals surface area (Å²) >= 11 is 0. The largest absolute Gasteiger partial charge is 0.507 e. The number of amides is 1. The van der Waals surface area contributed by atoms with Crippen LogP contribution in [0.1, 0.15) is 15.9 Å². The van der Waals surface area contributed by atoms with Gasteiger partial charge in [-0.3, -0.25) is 4.79 Å². The summed E-state index contributed by atoms with van der Waals surface area (Å²) < 4.78 is 0. The number of halogens is 1. The lowest BCUT2D eigenvalue weighted by Crippen LogP contribution is -2.12. The van der Waals surface area contributed by atoms with Crippen LogP contribution in [0.5, 0.6) is 5.75 Å². The number of anilines is 1. The molecule has 1 amide bonds. The predicted octanol–water partition coefficient (Wildman–Crippen LogP) is 3.68. The van der Waals surface area contributed by atoms with Crippen molar-refractivity contribution >= 4 is 34.8 Å². The third-order valence-corrected chi connectivity index (χ3v) is 3.56. The fourth-order valence-corrected chi connectivity index (χ4v) is 2.33. The Balaban J connectivity index is 0.00000192. The van der Waals surface area contributed by atoms with Gasteiger partial charge in [0, 0.05) is 12.2 Å². The number of phenols is 1. The molecule has 0 saturated heterocycles. The zero-order valence-electron chi connectivity index (χ0n) is 12.3. The van der Waals surface area contributed by atoms with Crippen LogP contribution in [0.2, 0.25) is 0 Å². The summed E-state index contributed by atoms with van der Waals surface area (Å²) in [6, 6.07) is 18.2. The summed E-state index contributed by atoms with van der Waals surface area (Å²) in [5, 5.41) is 14.6. The van der Waals surface area contributed by atoms with Gasteiger partial charge in [-0.15, -0.1) is 12.4 Å². The van der Waals surface area contributed by atoms with E-state index in [1.54, 1.807) is 24.3 Å². The molecule has 0 aliphatic carbocycles. The van der Waals surface area contributed by atoms with Gasteiger partial charge < -0.3 is 16.2 Å². The molecule has 0 fully saturated rings. The number of nitrogens with one attached hydrogen (secondary N) is 1. The van der Waals surface area contributed by atoms with E-state index >= 15 is 0 Å². The lowest BCUT2D eigenvalue weighted by atomic mass is 10.1. The Hall–Kier alpha value is -2.56. The smallest absolute Gasteiger partial charge is 0.259 e. The van der Waals surface area contributed by atoms with Crippen LogP contribution in [-0.4, -0.2) is 11.0 Å². The van der Waals surface area contributed by atoms with E-state index in [4.69, 9.17) is 5.73 Å². The zero-order valence-corrected chi connectivity index (χ0v) is 13.1. The van der Waals surface area contributed by atoms with Crippen LogP contribution in [0.25, 0.3) is 10.8 Å². The Kier molecular flexibility index (Phi) is 5.21. The summed E-state index contributed by atoms with van der Waals surface area (Å²) in [4.78, 5) is 12.3. The third kappa shape index (κ3) is 3.62. The van der Waals surface area contributed by atoms with Gasteiger partial charge in [-0.25, -0.2) is 0 Å². The van der Waals surface area contributed by atoms with Crippen LogP contribution in [-0.2, 0) is 6.54 Å². The number of benzene rings is 3. The van der Waals surface area contributed by atoms with Crippen LogP contribution in [0.15, 0.2) is 60.7 Å². The molecule has 0 radical (unpaired) electrons. The summed E-state index contributed by atoms with van der Waals surface area (Å²) in [7, 11) is 0. The molecular weight excluding hydrogens is 312 g/mol. The second-order valence-corrected chi connectivity index (χ2v) is 5.07. The third-order valence-electron chi connectivity index (χ3n) is 3.56. The number of carbonyl (C=O) groups is 1. The van der Waals surface area contributed by atoms with E-state index < -0.39 is 0 Å². The van der Waals surface area contributed by atoms with Crippen LogP contribution in [0, 0.1) is 0 Å². The highest BCUT2D eigenvalue weighted by Gasteiger charge is 2.12. The van der Waals surface area contributed by atoms with Crippen LogP contribution in [0.4, 0.5) is 5.69 Å². The van der Waals surface area contributed by atoms with Gasteiger partial charge in [-0.2, -0.15) is 0 Å². The van der Waals surface area contributed by atoms with Gasteiger partial charge in [-0.05, 0) is 40.6 Å². The number of hydrogen-bond acceptors (Lipinski definition) is 3. The van der Waals surface area contributed by atoms with Crippen molar-refractivity contribution in [3.8, 4) is 5.75 Å². The van der Waals surface area contributed by atoms with Crippen molar-refractivity contribution in [1.82, 2.24) is 0 Å². The van der Waals surface area contributed by atoms with Crippen molar-refractivity contribution in [3.63, 3.8) is 0 Å². The Morgan fingerprint density at radius 3 is 2.22 bits per heavy atom. The van der Waals surface area contributed by atoms with Crippen molar-refractivity contribution in [2.45, 2.75) is 6.54 Å². The molecule has 118 valence electrons. The minimum atomic E-state index is -0.344. The van der Waals surface area contributed by atoms with Crippen LogP contribution in [0.3, 0.4) is 0 Å². The first-order valence-electron chi connectivity index (χ1n) is 6.99. The Morgan fingerprint density at radius 1 is 1.00 bits per heavy atom. The van der Waals surface area contributed by atoms with Gasteiger partial charge in [0.1, 0.15) is 5.75 Å². The molecule has 5 heteroatoms. The van der Waals surface area contributed by atoms with Crippen LogP contribution < -0.4 is 11.1 Å². The number of rotatable bonds is 3. The van der Waals surface area contributed by atoms with E-state index in [0.717, 1.165) is 16.3 Å². The van der Waals surface area contributed by atoms with Gasteiger partial charge in [0.15, 0.2) is 0 Å². The van der Waals surface area contributed by atoms with Crippen molar-refractivity contribution < 1.29 is 9.90 Å². The number of nitrogens with two attached hydrogens (primary N) is 1. The van der Waals surface area contributed by atoms with Crippen molar-refractivity contribution in [2.24, 2.45) is 5.73 Å². The normalized spacial score (nSPS) is 10.1. The molecule has 0 bridgehead atoms. The van der Waals surface area contributed by atoms with E-state index in [2.05, 4.69) is 5.32 Å². The number of carbonyl (C=O) groups excluding carboxylic acids is 1. The Bertz CT molecular complexity index is 832. The molecular formula is C18H17ClN2O2. The maximum Gasteiger partial charge on any atom is 0.259 e. The molecule has 0 aliphatic heterocycles. The summed E-state index contributed by atoms with van der Waals surface area (Å²) in [5.74, 6) is -0.376. The van der Waals surface area contributed by atoms with E-state index in [1.807, 2.05) is 36.4 Å². The number of hydrogen-bond donors (Lipinski definition) is 3. The highest BCUT2D eigenvalue weighted by Crippen LogP contribution is 2.25. The van der Waals surface area contributed by atoms with Crippen molar-refractivity contribution in [3.05, 3.63) is 71.8 Å². The average molecular weight is 329 g/mol. The van der Waals surface area contributed by atoms with E-state index in [9.17, 15) is 9.90 Å². The standard InChI is InChI=1S/C18H16N2O2.ClH/c19-11-12-5-7-15(8-6-12)20-18(22)16-9-13-3-1-2-4-14(13)10-17(16)21;/h1-10,21H,11,19H2,(H,20,22);1H. The minimum Gasteiger partial charge on any atom is -0.507 e. The summed E-state index contributed by atoms with van der Waals surface area (Å²) in [6.45, 7) is 0.458. The molecule has 4 nitrogen and oxygen atoms in total. The first kappa shape index (κ1) is 16.8. The maximum absolute atomic E-state index is 12.3. The van der Waals surface area contributed by atoms with Gasteiger partial charge >= 0.3 is 0 Å². The number of fused-ring (bicyclic) bond motifs is 1. The minimum absolute atomic E-state index is 0. The molecule has 0 saturated carbocycles. The van der Waals surface area contributed by atoms with E-state index in [-0.39, 0.29) is 29.6 Å². The highest BCUT2D eigenvalue weighted by atomic mass is 35.5. The number of aromatic hydroxyl groups is 1. The van der Waals surface area contributed by atoms with Crippen molar-refractivity contribution in [2.75, 3.05) is 5.32 Å². The zero-order chi connectivity index (χ0) is 15.5. The molecule has 0 aliphatic rings. The summed E-state index contributed by atoms with van der Waals surface area (Å²) in [5.41, 5.74) is 7.45. The van der Waals surface area contributed by atoms with Gasteiger partial charge in [0.25, 0.3) is 5.91 Å². The maximum atomic E-state index is 12.3. The first-order valence-corrected chi connectivity index (χ1v) is 6.99. The van der Waals surface area contributed by atoms with Crippen LogP contribution >= 0.6 is 12.4 Å². The molecule has 0 atom stereocenters. The summed E-state index contributed by atoms with van der Waals surface area (Å²) in [6.07, 6.45) is 0. The monoisotopic (exact) mass is 328 g/mol. The quantitative estimate of drug-likeness (QED) is 0.686. The predicted molar refractivity (Wildman–Crippen MR) is 95.1 cm³/mol. The lowest BCUT2D eigenvalue weighted by molar-refractivity contribution is 0.102. The Morgan fingerprint density at radius 2 is 1.61 bits per heavy atom. The molecule has 0 aromatic heterocycles. The second kappa shape index (κ2) is 7.13. The van der Waals surface area contributed by atoms with E-state index in [0.29, 0.717) is 12.2 Å². The molecule has 0 unspecified atom stereocenters. The van der Waals surface area contributed by atoms with Gasteiger partial charge in [0.2, 0.25) is 0 Å². The molecule has 3 aromatic carbocycles. The molecule has 0 heterocycles. The molecule has 3 rings (SSSR count). The first-order chi connectivity index (χ1) is 10.7. The Labute approximate surface area is 140 Å². The fourth-order valence-electron chi connectivity index (χ4n) is 2.33. The lowest BCUT2D eigenvalue weighted by Gasteiger charge is -2.09. The molecule has 4 N–H and O–H groups in total. The SMILES string of the molecule is Cl.NCc1ccc(NC(=O)c2cc3ccccc3cc2O)cc1. The second-order valence-electron chi connectivity index (χ2n) is 5.07. The van der Waals surface area contributed by atoms with Gasteiger partial charge in [0.05, 0.1) is 5.56 Å². The number of phenolic OH excluding ortho intramolecular Hbond substituents is 1. The van der Waals surface area contributed by atoms with E-state index in [1.165, 1.54) is 0 Å². The fraction of sp³-hybridized carbons (Fsp3) is 0.0556. The average Bonchev–Trinajstić information content (AvgIpc) is 2.54. The molecule has 23 heavy (non-hydrogen) atoms.